The van der Waals surface area contributed by atoms with E-state index in [1.807, 2.05) is 26.0 Å². The third kappa shape index (κ3) is 5.66. The van der Waals surface area contributed by atoms with Gasteiger partial charge in [-0.3, -0.25) is 4.79 Å². The molecule has 7 nitrogen and oxygen atoms in total. The number of rotatable bonds is 7. The maximum Gasteiger partial charge on any atom is 0.230 e. The molecule has 3 N–H and O–H groups in total. The zero-order valence-electron chi connectivity index (χ0n) is 15.9. The van der Waals surface area contributed by atoms with E-state index < -0.39 is 0 Å². The number of hydrogen-bond acceptors (Lipinski definition) is 6. The van der Waals surface area contributed by atoms with Gasteiger partial charge in [0.05, 0.1) is 5.75 Å². The summed E-state index contributed by atoms with van der Waals surface area (Å²) in [4.78, 5) is 11.7. The van der Waals surface area contributed by atoms with Crippen LogP contribution in [-0.2, 0) is 16.8 Å². The Morgan fingerprint density at radius 1 is 1.27 bits per heavy atom. The number of nitrogens with one attached hydrogen (secondary N) is 1. The molecule has 0 spiro atoms. The Kier molecular flexibility index (Phi) is 6.52. The summed E-state index contributed by atoms with van der Waals surface area (Å²) in [5, 5.41) is 11.3. The molecule has 142 valence electrons. The molecular formula is C18H27N5O2S. The molecular weight excluding hydrogens is 350 g/mol. The molecule has 2 rings (SSSR count). The first-order valence-electron chi connectivity index (χ1n) is 8.51. The second-order valence-corrected chi connectivity index (χ2v) is 8.29. The minimum atomic E-state index is -0.0651. The molecule has 0 aliphatic carbocycles. The molecule has 0 bridgehead atoms. The molecule has 1 heterocycles. The summed E-state index contributed by atoms with van der Waals surface area (Å²) in [7, 11) is 0. The van der Waals surface area contributed by atoms with E-state index in [0.717, 1.165) is 5.75 Å². The summed E-state index contributed by atoms with van der Waals surface area (Å²) in [6.07, 6.45) is 0. The SMILES string of the molecule is CC(C)NC(=O)CSc1nnc(COc2ccc(C(C)(C)C)cc2)n1N. The number of carbonyl (C=O) groups is 1. The van der Waals surface area contributed by atoms with Gasteiger partial charge in [0.15, 0.2) is 5.82 Å². The number of nitrogens with zero attached hydrogens (tertiary/aromatic N) is 3. The number of hydrogen-bond donors (Lipinski definition) is 2. The van der Waals surface area contributed by atoms with E-state index in [1.54, 1.807) is 0 Å². The van der Waals surface area contributed by atoms with Crippen LogP contribution < -0.4 is 15.9 Å². The quantitative estimate of drug-likeness (QED) is 0.569. The lowest BCUT2D eigenvalue weighted by molar-refractivity contribution is -0.119. The van der Waals surface area contributed by atoms with Gasteiger partial charge >= 0.3 is 0 Å². The van der Waals surface area contributed by atoms with E-state index in [-0.39, 0.29) is 29.7 Å². The van der Waals surface area contributed by atoms with Gasteiger partial charge in [0.2, 0.25) is 11.1 Å². The van der Waals surface area contributed by atoms with Crippen LogP contribution in [0.4, 0.5) is 0 Å². The third-order valence-corrected chi connectivity index (χ3v) is 4.55. The smallest absolute Gasteiger partial charge is 0.230 e. The molecule has 0 saturated carbocycles. The van der Waals surface area contributed by atoms with Gasteiger partial charge < -0.3 is 15.9 Å². The monoisotopic (exact) mass is 377 g/mol. The van der Waals surface area contributed by atoms with Gasteiger partial charge in [-0.15, -0.1) is 10.2 Å². The molecule has 1 amide bonds. The van der Waals surface area contributed by atoms with Crippen LogP contribution in [0.5, 0.6) is 5.75 Å². The number of thioether (sulfide) groups is 1. The van der Waals surface area contributed by atoms with Crippen molar-refractivity contribution in [1.29, 1.82) is 0 Å². The minimum absolute atomic E-state index is 0.0651. The van der Waals surface area contributed by atoms with Crippen LogP contribution in [0.1, 0.15) is 46.0 Å². The summed E-state index contributed by atoms with van der Waals surface area (Å²) >= 11 is 1.24. The van der Waals surface area contributed by atoms with Crippen molar-refractivity contribution in [2.45, 2.75) is 57.8 Å². The first-order chi connectivity index (χ1) is 12.2. The van der Waals surface area contributed by atoms with Crippen LogP contribution in [0, 0.1) is 0 Å². The van der Waals surface area contributed by atoms with Crippen LogP contribution in [0.2, 0.25) is 0 Å². The summed E-state index contributed by atoms with van der Waals surface area (Å²) in [6.45, 7) is 10.5. The lowest BCUT2D eigenvalue weighted by atomic mass is 9.87. The van der Waals surface area contributed by atoms with Crippen molar-refractivity contribution < 1.29 is 9.53 Å². The van der Waals surface area contributed by atoms with E-state index >= 15 is 0 Å². The molecule has 26 heavy (non-hydrogen) atoms. The zero-order chi connectivity index (χ0) is 19.3. The predicted octanol–water partition coefficient (Wildman–Crippen LogP) is 2.49. The fourth-order valence-electron chi connectivity index (χ4n) is 2.20. The normalized spacial score (nSPS) is 11.6. The topological polar surface area (TPSA) is 95.1 Å². The number of ether oxygens (including phenoxy) is 1. The standard InChI is InChI=1S/C18H27N5O2S/c1-12(2)20-16(24)11-26-17-22-21-15(23(17)19)10-25-14-8-6-13(7-9-14)18(3,4)5/h6-9,12H,10-11,19H2,1-5H3,(H,20,24). The van der Waals surface area contributed by atoms with Crippen LogP contribution in [-0.4, -0.2) is 32.6 Å². The molecule has 0 fully saturated rings. The first kappa shape index (κ1) is 20.1. The minimum Gasteiger partial charge on any atom is -0.486 e. The Morgan fingerprint density at radius 2 is 1.92 bits per heavy atom. The Labute approximate surface area is 158 Å². The molecule has 0 unspecified atom stereocenters. The van der Waals surface area contributed by atoms with Gasteiger partial charge in [0, 0.05) is 6.04 Å². The largest absolute Gasteiger partial charge is 0.486 e. The van der Waals surface area contributed by atoms with Crippen molar-refractivity contribution in [1.82, 2.24) is 20.2 Å². The molecule has 8 heteroatoms. The molecule has 0 atom stereocenters. The highest BCUT2D eigenvalue weighted by Gasteiger charge is 2.15. The molecule has 0 aliphatic rings. The van der Waals surface area contributed by atoms with E-state index in [9.17, 15) is 4.79 Å². The molecule has 0 radical (unpaired) electrons. The maximum atomic E-state index is 11.7. The second-order valence-electron chi connectivity index (χ2n) is 7.34. The highest BCUT2D eigenvalue weighted by atomic mass is 32.2. The van der Waals surface area contributed by atoms with E-state index in [0.29, 0.717) is 11.0 Å². The second kappa shape index (κ2) is 8.44. The number of aromatic nitrogens is 3. The van der Waals surface area contributed by atoms with Gasteiger partial charge in [-0.2, -0.15) is 0 Å². The van der Waals surface area contributed by atoms with Gasteiger partial charge in [-0.1, -0.05) is 44.7 Å². The zero-order valence-corrected chi connectivity index (χ0v) is 16.8. The van der Waals surface area contributed by atoms with Crippen molar-refractivity contribution in [3.8, 4) is 5.75 Å². The van der Waals surface area contributed by atoms with Gasteiger partial charge in [-0.25, -0.2) is 4.68 Å². The van der Waals surface area contributed by atoms with Crippen molar-refractivity contribution in [3.05, 3.63) is 35.7 Å². The molecule has 1 aromatic heterocycles. The van der Waals surface area contributed by atoms with E-state index in [2.05, 4.69) is 48.4 Å². The number of nitrogens with two attached hydrogens (primary N) is 1. The fraction of sp³-hybridized carbons (Fsp3) is 0.500. The summed E-state index contributed by atoms with van der Waals surface area (Å²) in [5.74, 6) is 7.41. The molecule has 0 aliphatic heterocycles. The van der Waals surface area contributed by atoms with Crippen molar-refractivity contribution in [3.63, 3.8) is 0 Å². The Morgan fingerprint density at radius 3 is 2.50 bits per heavy atom. The van der Waals surface area contributed by atoms with E-state index in [4.69, 9.17) is 10.6 Å². The molecule has 1 aromatic carbocycles. The van der Waals surface area contributed by atoms with Crippen molar-refractivity contribution in [2.75, 3.05) is 11.6 Å². The predicted molar refractivity (Wildman–Crippen MR) is 104 cm³/mol. The van der Waals surface area contributed by atoms with E-state index in [1.165, 1.54) is 22.0 Å². The van der Waals surface area contributed by atoms with Gasteiger partial charge in [0.1, 0.15) is 12.4 Å². The molecule has 0 saturated heterocycles. The van der Waals surface area contributed by atoms with Crippen LogP contribution >= 0.6 is 11.8 Å². The molecule has 2 aromatic rings. The van der Waals surface area contributed by atoms with Crippen LogP contribution in [0.15, 0.2) is 29.4 Å². The van der Waals surface area contributed by atoms with Crippen molar-refractivity contribution >= 4 is 17.7 Å². The fourth-order valence-corrected chi connectivity index (χ4v) is 2.88. The van der Waals surface area contributed by atoms with Crippen LogP contribution in [0.3, 0.4) is 0 Å². The third-order valence-electron chi connectivity index (χ3n) is 3.61. The Bertz CT molecular complexity index is 735. The Hall–Kier alpha value is -2.22. The number of nitrogen functional groups attached to an aromatic ring is 1. The highest BCUT2D eigenvalue weighted by Crippen LogP contribution is 2.24. The van der Waals surface area contributed by atoms with Gasteiger partial charge in [0.25, 0.3) is 0 Å². The lowest BCUT2D eigenvalue weighted by Gasteiger charge is -2.19. The summed E-state index contributed by atoms with van der Waals surface area (Å²) in [5.41, 5.74) is 1.34. The van der Waals surface area contributed by atoms with Crippen molar-refractivity contribution in [2.24, 2.45) is 0 Å². The summed E-state index contributed by atoms with van der Waals surface area (Å²) in [6, 6.07) is 8.08. The average Bonchev–Trinajstić information content (AvgIpc) is 2.90. The van der Waals surface area contributed by atoms with Crippen LogP contribution in [0.25, 0.3) is 0 Å². The maximum absolute atomic E-state index is 11.7. The average molecular weight is 378 g/mol. The Balaban J connectivity index is 1.91. The number of benzene rings is 1. The first-order valence-corrected chi connectivity index (χ1v) is 9.50. The summed E-state index contributed by atoms with van der Waals surface area (Å²) < 4.78 is 7.10. The number of carbonyl (C=O) groups excluding carboxylic acids is 1. The van der Waals surface area contributed by atoms with Gasteiger partial charge in [-0.05, 0) is 37.0 Å². The number of amides is 1. The lowest BCUT2D eigenvalue weighted by Crippen LogP contribution is -2.31. The highest BCUT2D eigenvalue weighted by molar-refractivity contribution is 7.99.